The summed E-state index contributed by atoms with van der Waals surface area (Å²) < 4.78 is 27.1. The van der Waals surface area contributed by atoms with Crippen molar-refractivity contribution in [3.8, 4) is 17.0 Å². The normalized spacial score (nSPS) is 13.9. The quantitative estimate of drug-likeness (QED) is 0.322. The molecule has 0 unspecified atom stereocenters. The Labute approximate surface area is 218 Å². The molecule has 0 amide bonds. The lowest BCUT2D eigenvalue weighted by Gasteiger charge is -2.15. The van der Waals surface area contributed by atoms with Gasteiger partial charge in [0.25, 0.3) is 0 Å². The Morgan fingerprint density at radius 2 is 1.89 bits per heavy atom. The molecule has 8 heteroatoms. The number of ether oxygens (including phenoxy) is 1. The molecular weight excluding hydrogens is 483 g/mol. The van der Waals surface area contributed by atoms with Crippen LogP contribution in [0.5, 0.6) is 5.75 Å². The van der Waals surface area contributed by atoms with Crippen molar-refractivity contribution >= 4 is 11.1 Å². The largest absolute Gasteiger partial charge is 0.488 e. The summed E-state index contributed by atoms with van der Waals surface area (Å²) in [5.41, 5.74) is 7.19. The van der Waals surface area contributed by atoms with E-state index < -0.39 is 5.76 Å². The Balaban J connectivity index is 1.43. The lowest BCUT2D eigenvalue weighted by molar-refractivity contribution is 0.305. The molecule has 0 radical (unpaired) electrons. The molecule has 38 heavy (non-hydrogen) atoms. The Hall–Kier alpha value is -4.72. The van der Waals surface area contributed by atoms with Gasteiger partial charge in [0.05, 0.1) is 5.69 Å². The maximum absolute atomic E-state index is 14.1. The predicted octanol–water partition coefficient (Wildman–Crippen LogP) is 5.85. The third kappa shape index (κ3) is 4.34. The van der Waals surface area contributed by atoms with E-state index in [0.29, 0.717) is 23.7 Å². The summed E-state index contributed by atoms with van der Waals surface area (Å²) in [6.07, 6.45) is 2.90. The molecule has 3 aromatic carbocycles. The van der Waals surface area contributed by atoms with E-state index in [1.807, 2.05) is 31.2 Å². The molecule has 1 N–H and O–H groups in total. The van der Waals surface area contributed by atoms with Gasteiger partial charge < -0.3 is 9.30 Å². The van der Waals surface area contributed by atoms with Gasteiger partial charge in [-0.2, -0.15) is 0 Å². The monoisotopic (exact) mass is 508 g/mol. The lowest BCUT2D eigenvalue weighted by Crippen LogP contribution is -2.05. The second-order valence-corrected chi connectivity index (χ2v) is 9.25. The van der Waals surface area contributed by atoms with Gasteiger partial charge in [-0.25, -0.2) is 14.2 Å². The molecule has 190 valence electrons. The van der Waals surface area contributed by atoms with Crippen molar-refractivity contribution in [1.29, 1.82) is 0 Å². The molecule has 1 aliphatic rings. The van der Waals surface area contributed by atoms with Gasteiger partial charge in [0.2, 0.25) is 0 Å². The number of allylic oxidation sites excluding steroid dienone is 1. The molecule has 1 aliphatic heterocycles. The number of nitrogens with one attached hydrogen (secondary N) is 1. The second kappa shape index (κ2) is 9.63. The zero-order valence-electron chi connectivity index (χ0n) is 21.0. The number of hydrogen-bond acceptors (Lipinski definition) is 5. The summed E-state index contributed by atoms with van der Waals surface area (Å²) in [4.78, 5) is 19.1. The number of hydrogen-bond donors (Lipinski definition) is 1. The molecule has 3 heterocycles. The van der Waals surface area contributed by atoms with Crippen LogP contribution in [0.3, 0.4) is 0 Å². The van der Waals surface area contributed by atoms with Crippen LogP contribution in [0.4, 0.5) is 4.39 Å². The number of H-pyrrole nitrogens is 1. The van der Waals surface area contributed by atoms with Crippen LogP contribution in [0, 0.1) is 5.82 Å². The van der Waals surface area contributed by atoms with Gasteiger partial charge in [0.15, 0.2) is 5.82 Å². The summed E-state index contributed by atoms with van der Waals surface area (Å²) in [6.45, 7) is 4.87. The first-order valence-electron chi connectivity index (χ1n) is 12.4. The average molecular weight is 509 g/mol. The highest BCUT2D eigenvalue weighted by atomic mass is 19.1. The molecule has 0 atom stereocenters. The molecular formula is C30H25FN4O3. The molecule has 0 aliphatic carbocycles. The summed E-state index contributed by atoms with van der Waals surface area (Å²) in [5.74, 6) is 0.727. The highest BCUT2D eigenvalue weighted by Crippen LogP contribution is 2.41. The number of imidazole rings is 1. The highest BCUT2D eigenvalue weighted by Gasteiger charge is 2.24. The average Bonchev–Trinajstić information content (AvgIpc) is 3.51. The van der Waals surface area contributed by atoms with E-state index in [-0.39, 0.29) is 12.4 Å². The first kappa shape index (κ1) is 23.7. The summed E-state index contributed by atoms with van der Waals surface area (Å²) in [7, 11) is 0. The van der Waals surface area contributed by atoms with Crippen molar-refractivity contribution in [2.24, 2.45) is 0 Å². The highest BCUT2D eigenvalue weighted by molar-refractivity contribution is 5.99. The molecule has 0 bridgehead atoms. The van der Waals surface area contributed by atoms with Crippen LogP contribution >= 0.6 is 0 Å². The number of rotatable bonds is 5. The number of aromatic nitrogens is 4. The Morgan fingerprint density at radius 1 is 1.08 bits per heavy atom. The van der Waals surface area contributed by atoms with Gasteiger partial charge in [-0.3, -0.25) is 9.51 Å². The molecule has 7 nitrogen and oxygen atoms in total. The van der Waals surface area contributed by atoms with Gasteiger partial charge in [0.1, 0.15) is 24.0 Å². The van der Waals surface area contributed by atoms with Gasteiger partial charge >= 0.3 is 5.76 Å². The Morgan fingerprint density at radius 3 is 2.66 bits per heavy atom. The third-order valence-corrected chi connectivity index (χ3v) is 6.80. The fraction of sp³-hybridized carbons (Fsp3) is 0.167. The zero-order chi connectivity index (χ0) is 26.2. The SMILES string of the molecule is CCc1nc(-c2ccccc2)cn1Cc1ccc2c(c1)COc1cc(F)ccc1/C2=C(/C)c1noc(=O)[nH]1. The van der Waals surface area contributed by atoms with Crippen LogP contribution < -0.4 is 10.5 Å². The van der Waals surface area contributed by atoms with Crippen LogP contribution in [0.15, 0.2) is 82.2 Å². The van der Waals surface area contributed by atoms with Crippen molar-refractivity contribution in [2.75, 3.05) is 0 Å². The van der Waals surface area contributed by atoms with E-state index in [2.05, 4.69) is 52.1 Å². The number of benzene rings is 3. The van der Waals surface area contributed by atoms with Gasteiger partial charge in [-0.15, -0.1) is 0 Å². The van der Waals surface area contributed by atoms with E-state index in [9.17, 15) is 9.18 Å². The van der Waals surface area contributed by atoms with Gasteiger partial charge in [-0.1, -0.05) is 54.5 Å². The topological polar surface area (TPSA) is 85.9 Å². The standard InChI is InChI=1S/C30H25FN4O3/c1-3-27-32-25(20-7-5-4-6-8-20)16-35(27)15-19-9-11-23-21(13-19)17-37-26-14-22(31)10-12-24(26)28(23)18(2)29-33-30(36)38-34-29/h4-14,16H,3,15,17H2,1-2H3,(H,33,34,36)/b28-18-. The first-order valence-corrected chi connectivity index (χ1v) is 12.4. The minimum atomic E-state index is -0.637. The van der Waals surface area contributed by atoms with Crippen molar-refractivity contribution in [3.63, 3.8) is 0 Å². The van der Waals surface area contributed by atoms with Crippen molar-refractivity contribution in [2.45, 2.75) is 33.4 Å². The molecule has 0 saturated heterocycles. The number of fused-ring (bicyclic) bond motifs is 2. The van der Waals surface area contributed by atoms with Crippen LogP contribution in [-0.4, -0.2) is 19.7 Å². The maximum Gasteiger partial charge on any atom is 0.439 e. The third-order valence-electron chi connectivity index (χ3n) is 6.80. The molecule has 6 rings (SSSR count). The van der Waals surface area contributed by atoms with Crippen molar-refractivity contribution < 1.29 is 13.7 Å². The number of halogens is 1. The van der Waals surface area contributed by atoms with E-state index in [1.165, 1.54) is 12.1 Å². The molecule has 2 aromatic heterocycles. The smallest absolute Gasteiger partial charge is 0.439 e. The number of aryl methyl sites for hydroxylation is 1. The predicted molar refractivity (Wildman–Crippen MR) is 142 cm³/mol. The molecule has 0 saturated carbocycles. The summed E-state index contributed by atoms with van der Waals surface area (Å²) in [6, 6.07) is 20.8. The van der Waals surface area contributed by atoms with E-state index in [1.54, 1.807) is 6.07 Å². The Bertz CT molecular complexity index is 1730. The van der Waals surface area contributed by atoms with E-state index in [4.69, 9.17) is 14.2 Å². The summed E-state index contributed by atoms with van der Waals surface area (Å²) in [5, 5.41) is 3.88. The van der Waals surface area contributed by atoms with Crippen molar-refractivity contribution in [1.82, 2.24) is 19.7 Å². The van der Waals surface area contributed by atoms with Crippen LogP contribution in [-0.2, 0) is 19.6 Å². The number of nitrogens with zero attached hydrogens (tertiary/aromatic N) is 3. The van der Waals surface area contributed by atoms with Gasteiger partial charge in [-0.05, 0) is 47.4 Å². The van der Waals surface area contributed by atoms with E-state index in [0.717, 1.165) is 51.3 Å². The van der Waals surface area contributed by atoms with Crippen LogP contribution in [0.1, 0.15) is 47.8 Å². The van der Waals surface area contributed by atoms with Crippen LogP contribution in [0.2, 0.25) is 0 Å². The minimum Gasteiger partial charge on any atom is -0.488 e. The summed E-state index contributed by atoms with van der Waals surface area (Å²) >= 11 is 0. The second-order valence-electron chi connectivity index (χ2n) is 9.25. The minimum absolute atomic E-state index is 0.269. The molecule has 5 aromatic rings. The maximum atomic E-state index is 14.1. The van der Waals surface area contributed by atoms with Crippen molar-refractivity contribution in [3.05, 3.63) is 123 Å². The number of aromatic amines is 1. The zero-order valence-corrected chi connectivity index (χ0v) is 21.0. The van der Waals surface area contributed by atoms with E-state index >= 15 is 0 Å². The fourth-order valence-corrected chi connectivity index (χ4v) is 4.96. The fourth-order valence-electron chi connectivity index (χ4n) is 4.96. The molecule has 0 spiro atoms. The Kier molecular flexibility index (Phi) is 5.99. The lowest BCUT2D eigenvalue weighted by atomic mass is 9.89. The first-order chi connectivity index (χ1) is 18.5. The molecule has 0 fully saturated rings. The van der Waals surface area contributed by atoms with Gasteiger partial charge in [0, 0.05) is 41.9 Å². The van der Waals surface area contributed by atoms with Crippen LogP contribution in [0.25, 0.3) is 22.4 Å².